The molecule has 0 heterocycles. The Balaban J connectivity index is 2.14. The van der Waals surface area contributed by atoms with E-state index in [-0.39, 0.29) is 11.7 Å². The topological polar surface area (TPSA) is 49.3 Å². The predicted molar refractivity (Wildman–Crippen MR) is 70.2 cm³/mol. The number of aromatic hydroxyl groups is 1. The average molecular weight is 292 g/mol. The van der Waals surface area contributed by atoms with Crippen molar-refractivity contribution in [2.75, 3.05) is 5.32 Å². The Labute approximate surface area is 107 Å². The molecule has 1 amide bonds. The van der Waals surface area contributed by atoms with Crippen molar-refractivity contribution in [2.24, 2.45) is 0 Å². The van der Waals surface area contributed by atoms with Gasteiger partial charge in [0, 0.05) is 15.7 Å². The van der Waals surface area contributed by atoms with Gasteiger partial charge in [-0.25, -0.2) is 0 Å². The maximum Gasteiger partial charge on any atom is 0.255 e. The zero-order chi connectivity index (χ0) is 12.3. The van der Waals surface area contributed by atoms with Gasteiger partial charge in [-0.1, -0.05) is 22.0 Å². The summed E-state index contributed by atoms with van der Waals surface area (Å²) in [6, 6.07) is 13.5. The third-order valence-electron chi connectivity index (χ3n) is 2.21. The van der Waals surface area contributed by atoms with Crippen LogP contribution in [0, 0.1) is 0 Å². The highest BCUT2D eigenvalue weighted by molar-refractivity contribution is 9.10. The van der Waals surface area contributed by atoms with Gasteiger partial charge in [-0.3, -0.25) is 4.79 Å². The van der Waals surface area contributed by atoms with Crippen molar-refractivity contribution in [3.63, 3.8) is 0 Å². The summed E-state index contributed by atoms with van der Waals surface area (Å²) in [7, 11) is 0. The zero-order valence-corrected chi connectivity index (χ0v) is 10.4. The Morgan fingerprint density at radius 3 is 2.47 bits per heavy atom. The Kier molecular flexibility index (Phi) is 3.44. The minimum absolute atomic E-state index is 0.0773. The van der Waals surface area contributed by atoms with Crippen LogP contribution in [0.1, 0.15) is 10.4 Å². The number of nitrogens with one attached hydrogen (secondary N) is 1. The second kappa shape index (κ2) is 5.01. The molecular weight excluding hydrogens is 282 g/mol. The minimum Gasteiger partial charge on any atom is -0.508 e. The van der Waals surface area contributed by atoms with Crippen molar-refractivity contribution in [1.29, 1.82) is 0 Å². The van der Waals surface area contributed by atoms with E-state index in [9.17, 15) is 9.90 Å². The van der Waals surface area contributed by atoms with Gasteiger partial charge in [0.1, 0.15) is 5.75 Å². The summed E-state index contributed by atoms with van der Waals surface area (Å²) in [4.78, 5) is 11.8. The molecule has 2 aromatic rings. The lowest BCUT2D eigenvalue weighted by Gasteiger charge is -2.05. The van der Waals surface area contributed by atoms with E-state index in [2.05, 4.69) is 21.2 Å². The van der Waals surface area contributed by atoms with E-state index in [1.54, 1.807) is 24.3 Å². The van der Waals surface area contributed by atoms with Crippen LogP contribution >= 0.6 is 15.9 Å². The Bertz CT molecular complexity index is 537. The van der Waals surface area contributed by atoms with E-state index in [1.807, 2.05) is 12.1 Å². The molecule has 0 aromatic heterocycles. The van der Waals surface area contributed by atoms with Gasteiger partial charge in [-0.05, 0) is 42.5 Å². The summed E-state index contributed by atoms with van der Waals surface area (Å²) in [5, 5.41) is 12.0. The van der Waals surface area contributed by atoms with Gasteiger partial charge in [0.2, 0.25) is 0 Å². The second-order valence-electron chi connectivity index (χ2n) is 3.51. The number of phenols is 1. The molecule has 2 N–H and O–H groups in total. The summed E-state index contributed by atoms with van der Waals surface area (Å²) in [5.41, 5.74) is 1.13. The fraction of sp³-hybridized carbons (Fsp3) is 0. The number of hydrogen-bond acceptors (Lipinski definition) is 2. The molecule has 0 fully saturated rings. The molecule has 86 valence electrons. The van der Waals surface area contributed by atoms with Crippen molar-refractivity contribution < 1.29 is 9.90 Å². The van der Waals surface area contributed by atoms with Crippen molar-refractivity contribution in [2.45, 2.75) is 0 Å². The molecule has 3 nitrogen and oxygen atoms in total. The number of amides is 1. The molecule has 0 radical (unpaired) electrons. The van der Waals surface area contributed by atoms with Gasteiger partial charge < -0.3 is 10.4 Å². The second-order valence-corrected chi connectivity index (χ2v) is 4.43. The number of rotatable bonds is 2. The van der Waals surface area contributed by atoms with Crippen LogP contribution in [-0.2, 0) is 0 Å². The molecule has 0 aliphatic carbocycles. The molecule has 0 aliphatic rings. The number of phenolic OH excluding ortho intramolecular Hbond substituents is 1. The van der Waals surface area contributed by atoms with E-state index in [1.165, 1.54) is 12.1 Å². The maximum absolute atomic E-state index is 11.8. The molecule has 0 aliphatic heterocycles. The fourth-order valence-corrected chi connectivity index (χ4v) is 1.65. The third kappa shape index (κ3) is 3.07. The molecule has 17 heavy (non-hydrogen) atoms. The van der Waals surface area contributed by atoms with E-state index in [4.69, 9.17) is 0 Å². The number of hydrogen-bond donors (Lipinski definition) is 2. The van der Waals surface area contributed by atoms with E-state index in [0.29, 0.717) is 11.3 Å². The highest BCUT2D eigenvalue weighted by Gasteiger charge is 2.06. The number of benzene rings is 2. The smallest absolute Gasteiger partial charge is 0.255 e. The van der Waals surface area contributed by atoms with Crippen LogP contribution in [-0.4, -0.2) is 11.0 Å². The Morgan fingerprint density at radius 1 is 1.12 bits per heavy atom. The zero-order valence-electron chi connectivity index (χ0n) is 8.85. The van der Waals surface area contributed by atoms with Crippen LogP contribution in [0.3, 0.4) is 0 Å². The SMILES string of the molecule is O=C(Nc1ccc(Br)cc1)c1cccc(O)c1. The molecule has 0 bridgehead atoms. The summed E-state index contributed by atoms with van der Waals surface area (Å²) in [6.07, 6.45) is 0. The molecule has 0 atom stereocenters. The van der Waals surface area contributed by atoms with E-state index < -0.39 is 0 Å². The first-order valence-corrected chi connectivity index (χ1v) is 5.80. The Hall–Kier alpha value is -1.81. The van der Waals surface area contributed by atoms with Crippen LogP contribution in [0.25, 0.3) is 0 Å². The van der Waals surface area contributed by atoms with Crippen LogP contribution in [0.2, 0.25) is 0 Å². The molecule has 0 unspecified atom stereocenters. The lowest BCUT2D eigenvalue weighted by atomic mass is 10.2. The first-order valence-electron chi connectivity index (χ1n) is 5.01. The van der Waals surface area contributed by atoms with E-state index >= 15 is 0 Å². The van der Waals surface area contributed by atoms with Crippen LogP contribution < -0.4 is 5.32 Å². The number of halogens is 1. The molecular formula is C13H10BrNO2. The van der Waals surface area contributed by atoms with Crippen molar-refractivity contribution >= 4 is 27.5 Å². The predicted octanol–water partition coefficient (Wildman–Crippen LogP) is 3.41. The highest BCUT2D eigenvalue weighted by Crippen LogP contribution is 2.16. The molecule has 0 saturated heterocycles. The molecule has 2 rings (SSSR count). The van der Waals surface area contributed by atoms with Crippen molar-refractivity contribution in [1.82, 2.24) is 0 Å². The maximum atomic E-state index is 11.8. The van der Waals surface area contributed by atoms with E-state index in [0.717, 1.165) is 4.47 Å². The quantitative estimate of drug-likeness (QED) is 0.891. The Morgan fingerprint density at radius 2 is 1.82 bits per heavy atom. The highest BCUT2D eigenvalue weighted by atomic mass is 79.9. The number of carbonyl (C=O) groups excluding carboxylic acids is 1. The fourth-order valence-electron chi connectivity index (χ4n) is 1.38. The van der Waals surface area contributed by atoms with Crippen LogP contribution in [0.5, 0.6) is 5.75 Å². The summed E-state index contributed by atoms with van der Waals surface area (Å²) < 4.78 is 0.952. The summed E-state index contributed by atoms with van der Waals surface area (Å²) >= 11 is 3.32. The molecule has 4 heteroatoms. The van der Waals surface area contributed by atoms with Gasteiger partial charge in [-0.2, -0.15) is 0 Å². The van der Waals surface area contributed by atoms with Crippen LogP contribution in [0.15, 0.2) is 53.0 Å². The largest absolute Gasteiger partial charge is 0.508 e. The first kappa shape index (κ1) is 11.7. The van der Waals surface area contributed by atoms with Gasteiger partial charge in [0.25, 0.3) is 5.91 Å². The molecule has 0 spiro atoms. The normalized spacial score (nSPS) is 9.94. The number of carbonyl (C=O) groups is 1. The third-order valence-corrected chi connectivity index (χ3v) is 2.74. The lowest BCUT2D eigenvalue weighted by molar-refractivity contribution is 0.102. The van der Waals surface area contributed by atoms with Gasteiger partial charge in [0.05, 0.1) is 0 Å². The van der Waals surface area contributed by atoms with Crippen molar-refractivity contribution in [3.05, 3.63) is 58.6 Å². The van der Waals surface area contributed by atoms with Gasteiger partial charge in [-0.15, -0.1) is 0 Å². The first-order chi connectivity index (χ1) is 8.15. The minimum atomic E-state index is -0.247. The molecule has 0 saturated carbocycles. The van der Waals surface area contributed by atoms with Gasteiger partial charge >= 0.3 is 0 Å². The monoisotopic (exact) mass is 291 g/mol. The number of anilines is 1. The van der Waals surface area contributed by atoms with Crippen LogP contribution in [0.4, 0.5) is 5.69 Å². The van der Waals surface area contributed by atoms with Gasteiger partial charge in [0.15, 0.2) is 0 Å². The van der Waals surface area contributed by atoms with Crippen molar-refractivity contribution in [3.8, 4) is 5.75 Å². The summed E-state index contributed by atoms with van der Waals surface area (Å²) in [6.45, 7) is 0. The summed E-state index contributed by atoms with van der Waals surface area (Å²) in [5.74, 6) is -0.170. The standard InChI is InChI=1S/C13H10BrNO2/c14-10-4-6-11(7-5-10)15-13(17)9-2-1-3-12(16)8-9/h1-8,16H,(H,15,17). The molecule has 2 aromatic carbocycles. The lowest BCUT2D eigenvalue weighted by Crippen LogP contribution is -2.11. The average Bonchev–Trinajstić information content (AvgIpc) is 2.32.